The minimum atomic E-state index is -4.91. The molecule has 0 aliphatic rings. The van der Waals surface area contributed by atoms with Crippen molar-refractivity contribution >= 4 is 0 Å². The summed E-state index contributed by atoms with van der Waals surface area (Å²) in [5.74, 6) is 0. The molecule has 0 saturated heterocycles. The SMILES string of the molecule is CCNCC(O)c1cc(C(F)(F)F)cc(C(F)(F)F)c1. The molecule has 114 valence electrons. The second kappa shape index (κ2) is 6.01. The van der Waals surface area contributed by atoms with E-state index in [1.807, 2.05) is 0 Å². The van der Waals surface area contributed by atoms with Gasteiger partial charge in [-0.05, 0) is 30.3 Å². The molecule has 0 amide bonds. The summed E-state index contributed by atoms with van der Waals surface area (Å²) in [4.78, 5) is 0. The Morgan fingerprint density at radius 3 is 1.80 bits per heavy atom. The molecule has 2 nitrogen and oxygen atoms in total. The molecule has 0 fully saturated rings. The number of likely N-dealkylation sites (N-methyl/N-ethyl adjacent to an activating group) is 1. The van der Waals surface area contributed by atoms with E-state index in [0.717, 1.165) is 0 Å². The molecule has 0 heterocycles. The Balaban J connectivity index is 3.24. The van der Waals surface area contributed by atoms with E-state index >= 15 is 0 Å². The molecule has 0 bridgehead atoms. The summed E-state index contributed by atoms with van der Waals surface area (Å²) in [5, 5.41) is 12.3. The molecule has 1 unspecified atom stereocenters. The fourth-order valence-corrected chi connectivity index (χ4v) is 1.57. The molecule has 0 radical (unpaired) electrons. The molecule has 20 heavy (non-hydrogen) atoms. The largest absolute Gasteiger partial charge is 0.416 e. The van der Waals surface area contributed by atoms with Crippen LogP contribution in [0.4, 0.5) is 26.3 Å². The molecule has 0 aromatic heterocycles. The zero-order valence-corrected chi connectivity index (χ0v) is 10.4. The lowest BCUT2D eigenvalue weighted by molar-refractivity contribution is -0.143. The van der Waals surface area contributed by atoms with E-state index in [0.29, 0.717) is 18.7 Å². The average Bonchev–Trinajstić information content (AvgIpc) is 2.33. The maximum absolute atomic E-state index is 12.6. The predicted octanol–water partition coefficient (Wildman–Crippen LogP) is 3.37. The van der Waals surface area contributed by atoms with Gasteiger partial charge in [0.15, 0.2) is 0 Å². The van der Waals surface area contributed by atoms with Crippen molar-refractivity contribution in [2.24, 2.45) is 0 Å². The quantitative estimate of drug-likeness (QED) is 0.836. The molecular formula is C12H13F6NO. The van der Waals surface area contributed by atoms with Crippen molar-refractivity contribution in [1.29, 1.82) is 0 Å². The van der Waals surface area contributed by atoms with Gasteiger partial charge >= 0.3 is 12.4 Å². The van der Waals surface area contributed by atoms with Gasteiger partial charge in [-0.15, -0.1) is 0 Å². The van der Waals surface area contributed by atoms with Crippen LogP contribution in [0.2, 0.25) is 0 Å². The van der Waals surface area contributed by atoms with Crippen molar-refractivity contribution in [3.63, 3.8) is 0 Å². The molecule has 0 aliphatic carbocycles. The van der Waals surface area contributed by atoms with Crippen LogP contribution in [0.3, 0.4) is 0 Å². The highest BCUT2D eigenvalue weighted by Gasteiger charge is 2.37. The van der Waals surface area contributed by atoms with Crippen molar-refractivity contribution in [2.45, 2.75) is 25.4 Å². The second-order valence-corrected chi connectivity index (χ2v) is 4.16. The van der Waals surface area contributed by atoms with E-state index in [1.54, 1.807) is 6.92 Å². The fraction of sp³-hybridized carbons (Fsp3) is 0.500. The molecule has 1 aromatic rings. The van der Waals surface area contributed by atoms with E-state index in [9.17, 15) is 31.4 Å². The zero-order chi connectivity index (χ0) is 15.6. The highest BCUT2D eigenvalue weighted by Crippen LogP contribution is 2.37. The van der Waals surface area contributed by atoms with Crippen LogP contribution in [0.25, 0.3) is 0 Å². The van der Waals surface area contributed by atoms with Gasteiger partial charge in [0.1, 0.15) is 0 Å². The first kappa shape index (κ1) is 16.8. The van der Waals surface area contributed by atoms with E-state index < -0.39 is 35.1 Å². The van der Waals surface area contributed by atoms with Crippen molar-refractivity contribution in [3.8, 4) is 0 Å². The lowest BCUT2D eigenvalue weighted by Gasteiger charge is -2.17. The number of aliphatic hydroxyl groups is 1. The lowest BCUT2D eigenvalue weighted by Crippen LogP contribution is -2.22. The number of benzene rings is 1. The number of hydrogen-bond donors (Lipinski definition) is 2. The highest BCUT2D eigenvalue weighted by molar-refractivity contribution is 5.34. The van der Waals surface area contributed by atoms with E-state index in [2.05, 4.69) is 5.32 Å². The van der Waals surface area contributed by atoms with Crippen LogP contribution in [-0.2, 0) is 12.4 Å². The summed E-state index contributed by atoms with van der Waals surface area (Å²) < 4.78 is 75.5. The van der Waals surface area contributed by atoms with Crippen LogP contribution in [0.5, 0.6) is 0 Å². The van der Waals surface area contributed by atoms with Gasteiger partial charge in [0.05, 0.1) is 17.2 Å². The maximum Gasteiger partial charge on any atom is 0.416 e. The summed E-state index contributed by atoms with van der Waals surface area (Å²) in [6.07, 6.45) is -11.3. The van der Waals surface area contributed by atoms with Crippen LogP contribution < -0.4 is 5.32 Å². The Morgan fingerprint density at radius 1 is 1.00 bits per heavy atom. The van der Waals surface area contributed by atoms with Gasteiger partial charge in [0, 0.05) is 6.54 Å². The number of alkyl halides is 6. The summed E-state index contributed by atoms with van der Waals surface area (Å²) in [5.41, 5.74) is -3.29. The lowest BCUT2D eigenvalue weighted by atomic mass is 10.0. The molecule has 0 spiro atoms. The van der Waals surface area contributed by atoms with Crippen LogP contribution in [-0.4, -0.2) is 18.2 Å². The van der Waals surface area contributed by atoms with Gasteiger partial charge in [-0.2, -0.15) is 26.3 Å². The van der Waals surface area contributed by atoms with Gasteiger partial charge in [-0.1, -0.05) is 6.92 Å². The first-order valence-electron chi connectivity index (χ1n) is 5.74. The molecular weight excluding hydrogens is 288 g/mol. The molecule has 1 atom stereocenters. The number of hydrogen-bond acceptors (Lipinski definition) is 2. The van der Waals surface area contributed by atoms with Gasteiger partial charge in [-0.3, -0.25) is 0 Å². The van der Waals surface area contributed by atoms with Crippen LogP contribution in [0, 0.1) is 0 Å². The first-order chi connectivity index (χ1) is 9.05. The number of halogens is 6. The van der Waals surface area contributed by atoms with E-state index in [-0.39, 0.29) is 12.6 Å². The Kier molecular flexibility index (Phi) is 5.04. The molecule has 2 N–H and O–H groups in total. The molecule has 1 aromatic carbocycles. The van der Waals surface area contributed by atoms with Gasteiger partial charge in [0.2, 0.25) is 0 Å². The second-order valence-electron chi connectivity index (χ2n) is 4.16. The third-order valence-corrected chi connectivity index (χ3v) is 2.58. The van der Waals surface area contributed by atoms with E-state index in [4.69, 9.17) is 0 Å². The normalized spacial score (nSPS) is 14.4. The number of rotatable bonds is 4. The van der Waals surface area contributed by atoms with Crippen molar-refractivity contribution in [1.82, 2.24) is 5.32 Å². The Hall–Kier alpha value is -1.28. The fourth-order valence-electron chi connectivity index (χ4n) is 1.57. The monoisotopic (exact) mass is 301 g/mol. The standard InChI is InChI=1S/C12H13F6NO/c1-2-19-6-10(20)7-3-8(11(13,14)15)5-9(4-7)12(16,17)18/h3-5,10,19-20H,2,6H2,1H3. The van der Waals surface area contributed by atoms with Crippen molar-refractivity contribution in [3.05, 3.63) is 34.9 Å². The smallest absolute Gasteiger partial charge is 0.387 e. The number of aliphatic hydroxyl groups excluding tert-OH is 1. The summed E-state index contributed by atoms with van der Waals surface area (Å²) >= 11 is 0. The summed E-state index contributed by atoms with van der Waals surface area (Å²) in [6.45, 7) is 2.00. The van der Waals surface area contributed by atoms with Crippen LogP contribution in [0.1, 0.15) is 29.7 Å². The van der Waals surface area contributed by atoms with Crippen LogP contribution >= 0.6 is 0 Å². The average molecular weight is 301 g/mol. The maximum atomic E-state index is 12.6. The minimum absolute atomic E-state index is 0.0312. The molecule has 0 saturated carbocycles. The van der Waals surface area contributed by atoms with Crippen molar-refractivity contribution < 1.29 is 31.4 Å². The third kappa shape index (κ3) is 4.38. The molecule has 1 rings (SSSR count). The highest BCUT2D eigenvalue weighted by atomic mass is 19.4. The summed E-state index contributed by atoms with van der Waals surface area (Å²) in [6, 6.07) is 1.08. The number of nitrogens with one attached hydrogen (secondary N) is 1. The van der Waals surface area contributed by atoms with E-state index in [1.165, 1.54) is 0 Å². The van der Waals surface area contributed by atoms with Gasteiger partial charge in [-0.25, -0.2) is 0 Å². The molecule has 8 heteroatoms. The Morgan fingerprint density at radius 2 is 1.45 bits per heavy atom. The topological polar surface area (TPSA) is 32.3 Å². The first-order valence-corrected chi connectivity index (χ1v) is 5.74. The zero-order valence-electron chi connectivity index (χ0n) is 10.4. The molecule has 0 aliphatic heterocycles. The Labute approximate surface area is 111 Å². The van der Waals surface area contributed by atoms with Gasteiger partial charge in [0.25, 0.3) is 0 Å². The minimum Gasteiger partial charge on any atom is -0.387 e. The van der Waals surface area contributed by atoms with Gasteiger partial charge < -0.3 is 10.4 Å². The van der Waals surface area contributed by atoms with Crippen molar-refractivity contribution in [2.75, 3.05) is 13.1 Å². The van der Waals surface area contributed by atoms with Crippen LogP contribution in [0.15, 0.2) is 18.2 Å². The Bertz CT molecular complexity index is 422. The summed E-state index contributed by atoms with van der Waals surface area (Å²) in [7, 11) is 0. The third-order valence-electron chi connectivity index (χ3n) is 2.58. The predicted molar refractivity (Wildman–Crippen MR) is 59.9 cm³/mol.